The first-order chi connectivity index (χ1) is 8.75. The van der Waals surface area contributed by atoms with Crippen LogP contribution in [0, 0.1) is 0 Å². The standard InChI is InChI=1S/C13H18BrFN2OS/c1-5-9(15)12(17-19(18)13(2,3)4)10-7-6-8-11(14)16-10/h6-9H,5H2,1-4H3/t9?,19-/m1/s1. The van der Waals surface area contributed by atoms with E-state index in [1.165, 1.54) is 0 Å². The Morgan fingerprint density at radius 3 is 2.63 bits per heavy atom. The van der Waals surface area contributed by atoms with E-state index in [9.17, 15) is 8.94 Å². The third-order valence-corrected chi connectivity index (χ3v) is 4.19. The van der Waals surface area contributed by atoms with Gasteiger partial charge in [-0.15, -0.1) is 0 Å². The first kappa shape index (κ1) is 16.6. The fourth-order valence-corrected chi connectivity index (χ4v) is 2.24. The number of hydrogen-bond donors (Lipinski definition) is 0. The lowest BCUT2D eigenvalue weighted by Gasteiger charge is -2.20. The highest BCUT2D eigenvalue weighted by atomic mass is 79.9. The maximum absolute atomic E-state index is 14.0. The number of aromatic nitrogens is 1. The van der Waals surface area contributed by atoms with Crippen molar-refractivity contribution in [3.05, 3.63) is 28.5 Å². The van der Waals surface area contributed by atoms with Crippen LogP contribution in [-0.2, 0) is 11.4 Å². The second-order valence-electron chi connectivity index (χ2n) is 5.06. The molecular weight excluding hydrogens is 331 g/mol. The van der Waals surface area contributed by atoms with Crippen LogP contribution >= 0.6 is 15.9 Å². The summed E-state index contributed by atoms with van der Waals surface area (Å²) in [6.45, 7) is 7.13. The molecule has 1 rings (SSSR count). The van der Waals surface area contributed by atoms with Gasteiger partial charge in [0.1, 0.15) is 26.9 Å². The van der Waals surface area contributed by atoms with E-state index in [2.05, 4.69) is 25.3 Å². The molecule has 0 aliphatic heterocycles. The number of halogens is 2. The zero-order chi connectivity index (χ0) is 14.6. The normalized spacial score (nSPS) is 16.3. The molecule has 0 aliphatic carbocycles. The zero-order valence-corrected chi connectivity index (χ0v) is 13.9. The van der Waals surface area contributed by atoms with E-state index in [1.807, 2.05) is 0 Å². The minimum Gasteiger partial charge on any atom is -0.591 e. The van der Waals surface area contributed by atoms with E-state index in [-0.39, 0.29) is 12.1 Å². The highest BCUT2D eigenvalue weighted by molar-refractivity contribution is 9.10. The largest absolute Gasteiger partial charge is 0.591 e. The Balaban J connectivity index is 3.19. The number of pyridine rings is 1. The molecule has 0 bridgehead atoms. The molecule has 1 aromatic heterocycles. The highest BCUT2D eigenvalue weighted by Gasteiger charge is 2.29. The maximum atomic E-state index is 14.0. The van der Waals surface area contributed by atoms with Crippen molar-refractivity contribution < 1.29 is 8.94 Å². The molecule has 0 radical (unpaired) electrons. The molecule has 0 saturated carbocycles. The summed E-state index contributed by atoms with van der Waals surface area (Å²) < 4.78 is 30.2. The lowest BCUT2D eigenvalue weighted by molar-refractivity contribution is 0.414. The van der Waals surface area contributed by atoms with Gasteiger partial charge in [0.05, 0.1) is 5.69 Å². The fraction of sp³-hybridized carbons (Fsp3) is 0.538. The Morgan fingerprint density at radius 2 is 2.16 bits per heavy atom. The van der Waals surface area contributed by atoms with E-state index < -0.39 is 22.3 Å². The SMILES string of the molecule is CCC(F)C(=N[S@+]([O-])C(C)(C)C)c1cccc(Br)n1. The molecule has 0 N–H and O–H groups in total. The third kappa shape index (κ3) is 4.85. The molecule has 1 unspecified atom stereocenters. The summed E-state index contributed by atoms with van der Waals surface area (Å²) in [6.07, 6.45) is -0.998. The number of hydrogen-bond acceptors (Lipinski definition) is 3. The predicted octanol–water partition coefficient (Wildman–Crippen LogP) is 3.84. The molecule has 3 nitrogen and oxygen atoms in total. The van der Waals surface area contributed by atoms with Crippen LogP contribution < -0.4 is 0 Å². The van der Waals surface area contributed by atoms with Gasteiger partial charge in [-0.05, 0) is 55.3 Å². The summed E-state index contributed by atoms with van der Waals surface area (Å²) in [5.74, 6) is 0. The van der Waals surface area contributed by atoms with Crippen molar-refractivity contribution in [1.29, 1.82) is 0 Å². The predicted molar refractivity (Wildman–Crippen MR) is 81.6 cm³/mol. The molecule has 0 spiro atoms. The molecular formula is C13H18BrFN2OS. The van der Waals surface area contributed by atoms with E-state index in [0.717, 1.165) is 0 Å². The second-order valence-corrected chi connectivity index (χ2v) is 7.78. The number of alkyl halides is 1. The van der Waals surface area contributed by atoms with Gasteiger partial charge in [-0.3, -0.25) is 0 Å². The van der Waals surface area contributed by atoms with Crippen LogP contribution in [0.2, 0.25) is 0 Å². The summed E-state index contributed by atoms with van der Waals surface area (Å²) in [7, 11) is 0. The van der Waals surface area contributed by atoms with Crippen LogP contribution in [0.25, 0.3) is 0 Å². The maximum Gasteiger partial charge on any atom is 0.151 e. The molecule has 1 aromatic rings. The molecule has 19 heavy (non-hydrogen) atoms. The Bertz CT molecular complexity index is 462. The van der Waals surface area contributed by atoms with Gasteiger partial charge in [-0.2, -0.15) is 0 Å². The van der Waals surface area contributed by atoms with Gasteiger partial charge in [0.25, 0.3) is 0 Å². The first-order valence-electron chi connectivity index (χ1n) is 6.03. The second kappa shape index (κ2) is 6.81. The molecule has 2 atom stereocenters. The van der Waals surface area contributed by atoms with Crippen molar-refractivity contribution in [3.63, 3.8) is 0 Å². The summed E-state index contributed by atoms with van der Waals surface area (Å²) in [4.78, 5) is 4.19. The van der Waals surface area contributed by atoms with Crippen molar-refractivity contribution in [2.75, 3.05) is 0 Å². The average Bonchev–Trinajstić information content (AvgIpc) is 2.33. The topological polar surface area (TPSA) is 48.3 Å². The van der Waals surface area contributed by atoms with Crippen molar-refractivity contribution in [2.24, 2.45) is 4.40 Å². The Labute approximate surface area is 125 Å². The van der Waals surface area contributed by atoms with E-state index in [0.29, 0.717) is 10.3 Å². The van der Waals surface area contributed by atoms with Gasteiger partial charge >= 0.3 is 0 Å². The van der Waals surface area contributed by atoms with Gasteiger partial charge < -0.3 is 4.55 Å². The zero-order valence-electron chi connectivity index (χ0n) is 11.5. The quantitative estimate of drug-likeness (QED) is 0.471. The van der Waals surface area contributed by atoms with E-state index >= 15 is 0 Å². The minimum absolute atomic E-state index is 0.150. The fourth-order valence-electron chi connectivity index (χ4n) is 1.23. The smallest absolute Gasteiger partial charge is 0.151 e. The lowest BCUT2D eigenvalue weighted by Crippen LogP contribution is -2.29. The number of nitrogens with zero attached hydrogens (tertiary/aromatic N) is 2. The van der Waals surface area contributed by atoms with Crippen molar-refractivity contribution >= 4 is 33.0 Å². The minimum atomic E-state index is -1.50. The monoisotopic (exact) mass is 348 g/mol. The van der Waals surface area contributed by atoms with Crippen LogP contribution in [-0.4, -0.2) is 26.2 Å². The lowest BCUT2D eigenvalue weighted by atomic mass is 10.1. The van der Waals surface area contributed by atoms with Gasteiger partial charge in [0.15, 0.2) is 5.71 Å². The van der Waals surface area contributed by atoms with Gasteiger partial charge in [0.2, 0.25) is 0 Å². The molecule has 0 amide bonds. The first-order valence-corrected chi connectivity index (χ1v) is 7.93. The van der Waals surface area contributed by atoms with E-state index in [1.54, 1.807) is 45.9 Å². The molecule has 0 saturated heterocycles. The Kier molecular flexibility index (Phi) is 5.95. The number of rotatable bonds is 4. The molecule has 6 heteroatoms. The van der Waals surface area contributed by atoms with Gasteiger partial charge in [-0.1, -0.05) is 17.4 Å². The summed E-state index contributed by atoms with van der Waals surface area (Å²) in [6, 6.07) is 5.18. The Hall–Kier alpha value is -0.460. The highest BCUT2D eigenvalue weighted by Crippen LogP contribution is 2.20. The summed E-state index contributed by atoms with van der Waals surface area (Å²) in [5, 5.41) is 0. The van der Waals surface area contributed by atoms with Crippen molar-refractivity contribution in [1.82, 2.24) is 4.98 Å². The molecule has 0 aliphatic rings. The van der Waals surface area contributed by atoms with Gasteiger partial charge in [0, 0.05) is 0 Å². The average molecular weight is 349 g/mol. The Morgan fingerprint density at radius 1 is 1.53 bits per heavy atom. The van der Waals surface area contributed by atoms with E-state index in [4.69, 9.17) is 0 Å². The van der Waals surface area contributed by atoms with Crippen LogP contribution in [0.15, 0.2) is 27.2 Å². The van der Waals surface area contributed by atoms with Crippen LogP contribution in [0.1, 0.15) is 39.8 Å². The molecule has 0 fully saturated rings. The van der Waals surface area contributed by atoms with Gasteiger partial charge in [-0.25, -0.2) is 9.37 Å². The van der Waals surface area contributed by atoms with Crippen LogP contribution in [0.4, 0.5) is 4.39 Å². The molecule has 106 valence electrons. The molecule has 0 aromatic carbocycles. The summed E-state index contributed by atoms with van der Waals surface area (Å²) in [5.41, 5.74) is 0.568. The van der Waals surface area contributed by atoms with Crippen LogP contribution in [0.3, 0.4) is 0 Å². The third-order valence-electron chi connectivity index (χ3n) is 2.34. The van der Waals surface area contributed by atoms with Crippen LogP contribution in [0.5, 0.6) is 0 Å². The van der Waals surface area contributed by atoms with Crippen molar-refractivity contribution in [2.45, 2.75) is 45.0 Å². The summed E-state index contributed by atoms with van der Waals surface area (Å²) >= 11 is 1.74. The molecule has 1 heterocycles. The van der Waals surface area contributed by atoms with Crippen molar-refractivity contribution in [3.8, 4) is 0 Å².